The number of hydrogen-bond donors (Lipinski definition) is 4. The van der Waals surface area contributed by atoms with Gasteiger partial charge in [0.15, 0.2) is 5.69 Å². The van der Waals surface area contributed by atoms with Gasteiger partial charge in [0.05, 0.1) is 30.6 Å². The largest absolute Gasteiger partial charge is 0.376 e. The summed E-state index contributed by atoms with van der Waals surface area (Å²) in [5, 5.41) is 22.8. The van der Waals surface area contributed by atoms with Crippen LogP contribution in [0.2, 0.25) is 0 Å². The molecule has 0 aromatic carbocycles. The van der Waals surface area contributed by atoms with Crippen molar-refractivity contribution in [3.05, 3.63) is 29.3 Å². The van der Waals surface area contributed by atoms with Gasteiger partial charge in [0.1, 0.15) is 0 Å². The molecule has 10 nitrogen and oxygen atoms in total. The Morgan fingerprint density at radius 3 is 2.86 bits per heavy atom. The number of hydrogen-bond acceptors (Lipinski definition) is 6. The summed E-state index contributed by atoms with van der Waals surface area (Å²) < 4.78 is 5.95. The summed E-state index contributed by atoms with van der Waals surface area (Å²) in [4.78, 5) is 24.9. The van der Waals surface area contributed by atoms with Crippen LogP contribution in [0.25, 0.3) is 0 Å². The van der Waals surface area contributed by atoms with E-state index in [0.717, 1.165) is 17.8 Å². The molecule has 1 aliphatic carbocycles. The monoisotopic (exact) mass is 389 g/mol. The number of nitrogens with one attached hydrogen (secondary N) is 4. The molecule has 3 atom stereocenters. The van der Waals surface area contributed by atoms with Gasteiger partial charge in [-0.15, -0.1) is 0 Å². The van der Waals surface area contributed by atoms with E-state index in [2.05, 4.69) is 36.2 Å². The minimum Gasteiger partial charge on any atom is -0.376 e. The van der Waals surface area contributed by atoms with Gasteiger partial charge in [0, 0.05) is 18.2 Å². The van der Waals surface area contributed by atoms with Gasteiger partial charge in [-0.1, -0.05) is 6.92 Å². The summed E-state index contributed by atoms with van der Waals surface area (Å²) in [5.41, 5.74) is 2.00. The van der Waals surface area contributed by atoms with Crippen molar-refractivity contribution in [2.45, 2.75) is 58.2 Å². The van der Waals surface area contributed by atoms with Gasteiger partial charge < -0.3 is 15.4 Å². The van der Waals surface area contributed by atoms with Crippen LogP contribution in [-0.2, 0) is 16.1 Å². The van der Waals surface area contributed by atoms with E-state index in [9.17, 15) is 9.59 Å². The van der Waals surface area contributed by atoms with Crippen molar-refractivity contribution in [1.82, 2.24) is 36.2 Å². The fraction of sp³-hybridized carbons (Fsp3) is 0.611. The normalized spacial score (nSPS) is 22.0. The van der Waals surface area contributed by atoms with E-state index in [0.29, 0.717) is 32.4 Å². The standard InChI is InChI=1S/C18H27N7O3/c1-3-6-28-16-8-12(17(26)19-9-13-7-11(2)22-23-13)4-5-14(16)21-18(27)15-10-20-25-24-15/h7,10,12,14,16H,3-6,8-9H2,1-2H3,(H,19,26)(H,21,27)(H,22,23)(H,20,24,25)/t12-,14-,16-/m0/s1. The van der Waals surface area contributed by atoms with Crippen LogP contribution in [0, 0.1) is 12.8 Å². The number of ether oxygens (including phenoxy) is 1. The van der Waals surface area contributed by atoms with E-state index in [1.54, 1.807) is 0 Å². The summed E-state index contributed by atoms with van der Waals surface area (Å²) in [6.07, 6.45) is 3.95. The second-order valence-corrected chi connectivity index (χ2v) is 7.11. The van der Waals surface area contributed by atoms with Crippen LogP contribution >= 0.6 is 0 Å². The Hall–Kier alpha value is -2.75. The van der Waals surface area contributed by atoms with Gasteiger partial charge in [0.2, 0.25) is 5.91 Å². The lowest BCUT2D eigenvalue weighted by molar-refractivity contribution is -0.128. The van der Waals surface area contributed by atoms with Gasteiger partial charge in [-0.2, -0.15) is 20.5 Å². The highest BCUT2D eigenvalue weighted by Crippen LogP contribution is 2.27. The van der Waals surface area contributed by atoms with Crippen LogP contribution in [0.5, 0.6) is 0 Å². The maximum absolute atomic E-state index is 12.6. The SMILES string of the molecule is CCCO[C@H]1C[C@@H](C(=O)NCc2cc(C)[nH]n2)CC[C@@H]1NC(=O)c1cn[nH]n1. The molecule has 0 unspecified atom stereocenters. The summed E-state index contributed by atoms with van der Waals surface area (Å²) in [6.45, 7) is 4.93. The maximum atomic E-state index is 12.6. The Bertz CT molecular complexity index is 774. The van der Waals surface area contributed by atoms with Crippen LogP contribution in [0.15, 0.2) is 12.3 Å². The number of rotatable bonds is 8. The van der Waals surface area contributed by atoms with Gasteiger partial charge in [-0.25, -0.2) is 0 Å². The Kier molecular flexibility index (Phi) is 6.75. The van der Waals surface area contributed by atoms with Crippen LogP contribution in [0.1, 0.15) is 54.5 Å². The molecule has 1 aliphatic rings. The zero-order chi connectivity index (χ0) is 19.9. The number of H-pyrrole nitrogens is 2. The predicted octanol–water partition coefficient (Wildman–Crippen LogP) is 0.846. The molecule has 0 bridgehead atoms. The molecule has 2 heterocycles. The molecule has 0 saturated heterocycles. The fourth-order valence-corrected chi connectivity index (χ4v) is 3.43. The predicted molar refractivity (Wildman–Crippen MR) is 100 cm³/mol. The van der Waals surface area contributed by atoms with Crippen molar-refractivity contribution >= 4 is 11.8 Å². The van der Waals surface area contributed by atoms with Crippen molar-refractivity contribution in [3.8, 4) is 0 Å². The average molecular weight is 389 g/mol. The highest BCUT2D eigenvalue weighted by Gasteiger charge is 2.35. The molecule has 28 heavy (non-hydrogen) atoms. The lowest BCUT2D eigenvalue weighted by Gasteiger charge is -2.35. The first kappa shape index (κ1) is 20.0. The summed E-state index contributed by atoms with van der Waals surface area (Å²) in [6, 6.07) is 1.75. The smallest absolute Gasteiger partial charge is 0.273 e. The third-order valence-corrected chi connectivity index (χ3v) is 4.87. The number of amides is 2. The molecule has 2 aromatic rings. The molecular formula is C18H27N7O3. The zero-order valence-corrected chi connectivity index (χ0v) is 16.2. The highest BCUT2D eigenvalue weighted by molar-refractivity contribution is 5.92. The maximum Gasteiger partial charge on any atom is 0.273 e. The average Bonchev–Trinajstić information content (AvgIpc) is 3.37. The molecule has 152 valence electrons. The lowest BCUT2D eigenvalue weighted by atomic mass is 9.83. The molecule has 4 N–H and O–H groups in total. The fourth-order valence-electron chi connectivity index (χ4n) is 3.43. The highest BCUT2D eigenvalue weighted by atomic mass is 16.5. The summed E-state index contributed by atoms with van der Waals surface area (Å²) in [7, 11) is 0. The molecule has 1 saturated carbocycles. The number of nitrogens with zero attached hydrogens (tertiary/aromatic N) is 3. The zero-order valence-electron chi connectivity index (χ0n) is 16.2. The number of aryl methyl sites for hydroxylation is 1. The van der Waals surface area contributed by atoms with Crippen LogP contribution in [0.3, 0.4) is 0 Å². The van der Waals surface area contributed by atoms with Gasteiger partial charge in [-0.3, -0.25) is 14.7 Å². The quantitative estimate of drug-likeness (QED) is 0.528. The topological polar surface area (TPSA) is 138 Å². The van der Waals surface area contributed by atoms with Gasteiger partial charge in [-0.05, 0) is 38.7 Å². The second-order valence-electron chi connectivity index (χ2n) is 7.11. The summed E-state index contributed by atoms with van der Waals surface area (Å²) in [5.74, 6) is -0.449. The minimum absolute atomic E-state index is 0.00738. The summed E-state index contributed by atoms with van der Waals surface area (Å²) >= 11 is 0. The van der Waals surface area contributed by atoms with E-state index in [1.165, 1.54) is 6.20 Å². The molecule has 10 heteroatoms. The molecule has 0 aliphatic heterocycles. The van der Waals surface area contributed by atoms with E-state index >= 15 is 0 Å². The molecule has 2 amide bonds. The first-order chi connectivity index (χ1) is 13.6. The van der Waals surface area contributed by atoms with Crippen molar-refractivity contribution in [1.29, 1.82) is 0 Å². The third kappa shape index (κ3) is 5.16. The molecule has 0 radical (unpaired) electrons. The molecular weight excluding hydrogens is 362 g/mol. The van der Waals surface area contributed by atoms with Crippen LogP contribution < -0.4 is 10.6 Å². The van der Waals surface area contributed by atoms with Gasteiger partial charge in [0.25, 0.3) is 5.91 Å². The Morgan fingerprint density at radius 1 is 1.32 bits per heavy atom. The molecule has 1 fully saturated rings. The number of carbonyl (C=O) groups excluding carboxylic acids is 2. The van der Waals surface area contributed by atoms with Crippen molar-refractivity contribution in [2.24, 2.45) is 5.92 Å². The molecule has 2 aromatic heterocycles. The van der Waals surface area contributed by atoms with Gasteiger partial charge >= 0.3 is 0 Å². The van der Waals surface area contributed by atoms with E-state index in [1.807, 2.05) is 19.9 Å². The Morgan fingerprint density at radius 2 is 2.18 bits per heavy atom. The first-order valence-electron chi connectivity index (χ1n) is 9.63. The van der Waals surface area contributed by atoms with Crippen LogP contribution in [0.4, 0.5) is 0 Å². The van der Waals surface area contributed by atoms with Crippen molar-refractivity contribution < 1.29 is 14.3 Å². The Labute approximate surface area is 163 Å². The van der Waals surface area contributed by atoms with E-state index < -0.39 is 0 Å². The number of carbonyl (C=O) groups is 2. The first-order valence-corrected chi connectivity index (χ1v) is 9.63. The minimum atomic E-state index is -0.291. The van der Waals surface area contributed by atoms with Crippen molar-refractivity contribution in [3.63, 3.8) is 0 Å². The number of aromatic nitrogens is 5. The van der Waals surface area contributed by atoms with Crippen molar-refractivity contribution in [2.75, 3.05) is 6.61 Å². The second kappa shape index (κ2) is 9.45. The van der Waals surface area contributed by atoms with E-state index in [4.69, 9.17) is 4.74 Å². The van der Waals surface area contributed by atoms with E-state index in [-0.39, 0.29) is 35.6 Å². The molecule has 0 spiro atoms. The Balaban J connectivity index is 1.56. The lowest BCUT2D eigenvalue weighted by Crippen LogP contribution is -2.50. The van der Waals surface area contributed by atoms with Crippen LogP contribution in [-0.4, -0.2) is 56.2 Å². The third-order valence-electron chi connectivity index (χ3n) is 4.87. The number of aromatic amines is 2. The molecule has 3 rings (SSSR count).